The molecule has 0 bridgehead atoms. The normalized spacial score (nSPS) is 17.2. The van der Waals surface area contributed by atoms with Gasteiger partial charge in [-0.25, -0.2) is 0 Å². The highest BCUT2D eigenvalue weighted by atomic mass is 32.2. The lowest BCUT2D eigenvalue weighted by Crippen LogP contribution is -2.37. The van der Waals surface area contributed by atoms with Crippen LogP contribution in [0, 0.1) is 0 Å². The van der Waals surface area contributed by atoms with E-state index in [1.165, 1.54) is 18.2 Å². The van der Waals surface area contributed by atoms with Crippen LogP contribution in [0.25, 0.3) is 6.08 Å². The zero-order valence-electron chi connectivity index (χ0n) is 14.2. The molecule has 0 aromatic heterocycles. The molecule has 0 aliphatic carbocycles. The minimum absolute atomic E-state index is 0.0262. The van der Waals surface area contributed by atoms with Crippen LogP contribution >= 0.6 is 11.8 Å². The second-order valence-corrected chi connectivity index (χ2v) is 7.47. The van der Waals surface area contributed by atoms with Gasteiger partial charge in [0, 0.05) is 0 Å². The molecule has 0 saturated carbocycles. The Hall–Kier alpha value is -2.29. The number of alkyl halides is 3. The van der Waals surface area contributed by atoms with E-state index >= 15 is 0 Å². The Kier molecular flexibility index (Phi) is 5.50. The number of amides is 2. The Balaban J connectivity index is 2.12. The summed E-state index contributed by atoms with van der Waals surface area (Å²) < 4.78 is 42.8. The zero-order chi connectivity index (χ0) is 19.7. The lowest BCUT2D eigenvalue weighted by atomic mass is 10.1. The third-order valence-electron chi connectivity index (χ3n) is 3.12. The van der Waals surface area contributed by atoms with Crippen molar-refractivity contribution in [2.45, 2.75) is 32.5 Å². The number of esters is 1. The number of imide groups is 1. The smallest absolute Gasteiger partial charge is 0.416 e. The van der Waals surface area contributed by atoms with E-state index in [1.54, 1.807) is 20.8 Å². The molecule has 1 aliphatic heterocycles. The minimum Gasteiger partial charge on any atom is -0.459 e. The Labute approximate surface area is 152 Å². The molecule has 0 unspecified atom stereocenters. The molecule has 0 N–H and O–H groups in total. The quantitative estimate of drug-likeness (QED) is 0.578. The summed E-state index contributed by atoms with van der Waals surface area (Å²) in [6, 6.07) is 4.17. The molecular formula is C17H16F3NO4S. The van der Waals surface area contributed by atoms with Gasteiger partial charge in [0.1, 0.15) is 12.1 Å². The predicted molar refractivity (Wildman–Crippen MR) is 90.0 cm³/mol. The third kappa shape index (κ3) is 5.10. The van der Waals surface area contributed by atoms with Gasteiger partial charge in [0.05, 0.1) is 10.5 Å². The van der Waals surface area contributed by atoms with Crippen LogP contribution in [-0.2, 0) is 20.5 Å². The van der Waals surface area contributed by atoms with Crippen molar-refractivity contribution >= 4 is 35.0 Å². The first-order valence-corrected chi connectivity index (χ1v) is 8.33. The van der Waals surface area contributed by atoms with Crippen molar-refractivity contribution in [3.8, 4) is 0 Å². The lowest BCUT2D eigenvalue weighted by Gasteiger charge is -2.21. The van der Waals surface area contributed by atoms with E-state index in [4.69, 9.17) is 4.74 Å². The number of rotatable bonds is 3. The van der Waals surface area contributed by atoms with Gasteiger partial charge < -0.3 is 4.74 Å². The summed E-state index contributed by atoms with van der Waals surface area (Å²) in [5.41, 5.74) is -1.23. The monoisotopic (exact) mass is 387 g/mol. The third-order valence-corrected chi connectivity index (χ3v) is 4.02. The molecule has 1 saturated heterocycles. The molecule has 0 radical (unpaired) electrons. The van der Waals surface area contributed by atoms with E-state index in [9.17, 15) is 27.6 Å². The highest BCUT2D eigenvalue weighted by Gasteiger charge is 2.37. The van der Waals surface area contributed by atoms with E-state index in [0.29, 0.717) is 17.3 Å². The van der Waals surface area contributed by atoms with Gasteiger partial charge in [0.15, 0.2) is 0 Å². The Morgan fingerprint density at radius 2 is 1.73 bits per heavy atom. The number of halogens is 3. The average Bonchev–Trinajstić information content (AvgIpc) is 2.72. The van der Waals surface area contributed by atoms with E-state index in [2.05, 4.69) is 0 Å². The number of nitrogens with zero attached hydrogens (tertiary/aromatic N) is 1. The second-order valence-electron chi connectivity index (χ2n) is 6.47. The summed E-state index contributed by atoms with van der Waals surface area (Å²) in [6.07, 6.45) is -3.15. The summed E-state index contributed by atoms with van der Waals surface area (Å²) in [5.74, 6) is -1.42. The fourth-order valence-corrected chi connectivity index (χ4v) is 2.90. The Morgan fingerprint density at radius 1 is 1.15 bits per heavy atom. The molecule has 9 heteroatoms. The van der Waals surface area contributed by atoms with Gasteiger partial charge in [0.25, 0.3) is 11.1 Å². The minimum atomic E-state index is -4.45. The van der Waals surface area contributed by atoms with Crippen LogP contribution in [-0.4, -0.2) is 34.2 Å². The van der Waals surface area contributed by atoms with Crippen LogP contribution in [0.1, 0.15) is 31.9 Å². The van der Waals surface area contributed by atoms with E-state index in [1.807, 2.05) is 0 Å². The number of thioether (sulfide) groups is 1. The summed E-state index contributed by atoms with van der Waals surface area (Å²) >= 11 is 0.615. The summed E-state index contributed by atoms with van der Waals surface area (Å²) in [6.45, 7) is 4.45. The molecule has 0 spiro atoms. The van der Waals surface area contributed by atoms with Gasteiger partial charge in [-0.2, -0.15) is 13.2 Å². The first-order valence-electron chi connectivity index (χ1n) is 7.51. The molecule has 1 aliphatic rings. The van der Waals surface area contributed by atoms with Crippen molar-refractivity contribution in [1.82, 2.24) is 4.90 Å². The highest BCUT2D eigenvalue weighted by Crippen LogP contribution is 2.33. The van der Waals surface area contributed by atoms with Gasteiger partial charge in [-0.05, 0) is 56.3 Å². The highest BCUT2D eigenvalue weighted by molar-refractivity contribution is 8.18. The summed E-state index contributed by atoms with van der Waals surface area (Å²) in [5, 5.41) is -0.640. The topological polar surface area (TPSA) is 63.7 Å². The van der Waals surface area contributed by atoms with Crippen molar-refractivity contribution in [3.05, 3.63) is 40.3 Å². The SMILES string of the molecule is CC(C)(C)OC(=O)CN1C(=O)SC(=Cc2ccc(C(F)(F)F)cc2)C1=O. The van der Waals surface area contributed by atoms with Gasteiger partial charge in [-0.1, -0.05) is 12.1 Å². The molecular weight excluding hydrogens is 371 g/mol. The lowest BCUT2D eigenvalue weighted by molar-refractivity contribution is -0.156. The van der Waals surface area contributed by atoms with Gasteiger partial charge >= 0.3 is 12.1 Å². The number of benzene rings is 1. The molecule has 1 fully saturated rings. The van der Waals surface area contributed by atoms with Crippen LogP contribution in [0.4, 0.5) is 18.0 Å². The van der Waals surface area contributed by atoms with E-state index < -0.39 is 41.0 Å². The number of carbonyl (C=O) groups is 3. The molecule has 1 aromatic rings. The Bertz CT molecular complexity index is 764. The first-order chi connectivity index (χ1) is 11.9. The van der Waals surface area contributed by atoms with Crippen LogP contribution in [0.5, 0.6) is 0 Å². The van der Waals surface area contributed by atoms with Crippen LogP contribution in [0.15, 0.2) is 29.2 Å². The molecule has 2 amide bonds. The van der Waals surface area contributed by atoms with Crippen molar-refractivity contribution in [2.75, 3.05) is 6.54 Å². The number of ether oxygens (including phenoxy) is 1. The van der Waals surface area contributed by atoms with Gasteiger partial charge in [-0.3, -0.25) is 19.3 Å². The molecule has 2 rings (SSSR count). The van der Waals surface area contributed by atoms with Gasteiger partial charge in [0.2, 0.25) is 0 Å². The maximum atomic E-state index is 12.6. The summed E-state index contributed by atoms with van der Waals surface area (Å²) in [4.78, 5) is 36.8. The van der Waals surface area contributed by atoms with E-state index in [0.717, 1.165) is 17.0 Å². The molecule has 5 nitrogen and oxygen atoms in total. The molecule has 1 heterocycles. The number of hydrogen-bond acceptors (Lipinski definition) is 5. The predicted octanol–water partition coefficient (Wildman–Crippen LogP) is 4.08. The molecule has 140 valence electrons. The molecule has 0 atom stereocenters. The number of hydrogen-bond donors (Lipinski definition) is 0. The van der Waals surface area contributed by atoms with E-state index in [-0.39, 0.29) is 4.91 Å². The van der Waals surface area contributed by atoms with Crippen LogP contribution < -0.4 is 0 Å². The van der Waals surface area contributed by atoms with Crippen molar-refractivity contribution in [2.24, 2.45) is 0 Å². The second kappa shape index (κ2) is 7.14. The fourth-order valence-electron chi connectivity index (χ4n) is 2.06. The van der Waals surface area contributed by atoms with Crippen molar-refractivity contribution in [1.29, 1.82) is 0 Å². The van der Waals surface area contributed by atoms with Crippen molar-refractivity contribution in [3.63, 3.8) is 0 Å². The first kappa shape index (κ1) is 20.0. The van der Waals surface area contributed by atoms with Gasteiger partial charge in [-0.15, -0.1) is 0 Å². The van der Waals surface area contributed by atoms with Crippen molar-refractivity contribution < 1.29 is 32.3 Å². The van der Waals surface area contributed by atoms with Crippen LogP contribution in [0.2, 0.25) is 0 Å². The maximum Gasteiger partial charge on any atom is 0.416 e. The maximum absolute atomic E-state index is 12.6. The molecule has 1 aromatic carbocycles. The standard InChI is InChI=1S/C17H16F3NO4S/c1-16(2,3)25-13(22)9-21-14(23)12(26-15(21)24)8-10-4-6-11(7-5-10)17(18,19)20/h4-8H,9H2,1-3H3. The fraction of sp³-hybridized carbons (Fsp3) is 0.353. The summed E-state index contributed by atoms with van der Waals surface area (Å²) in [7, 11) is 0. The average molecular weight is 387 g/mol. The molecule has 26 heavy (non-hydrogen) atoms. The van der Waals surface area contributed by atoms with Crippen LogP contribution in [0.3, 0.4) is 0 Å². The number of carbonyl (C=O) groups excluding carboxylic acids is 3. The zero-order valence-corrected chi connectivity index (χ0v) is 15.0. The largest absolute Gasteiger partial charge is 0.459 e. The Morgan fingerprint density at radius 3 is 2.23 bits per heavy atom.